The van der Waals surface area contributed by atoms with Crippen LogP contribution in [-0.2, 0) is 11.2 Å². The summed E-state index contributed by atoms with van der Waals surface area (Å²) in [4.78, 5) is 11.3. The van der Waals surface area contributed by atoms with E-state index in [9.17, 15) is 4.79 Å². The molecule has 0 unspecified atom stereocenters. The van der Waals surface area contributed by atoms with E-state index in [1.165, 1.54) is 0 Å². The van der Waals surface area contributed by atoms with Crippen LogP contribution in [0.4, 0.5) is 0 Å². The van der Waals surface area contributed by atoms with Crippen molar-refractivity contribution in [3.63, 3.8) is 0 Å². The van der Waals surface area contributed by atoms with Crippen LogP contribution in [0.5, 0.6) is 5.75 Å². The van der Waals surface area contributed by atoms with Crippen LogP contribution in [0.1, 0.15) is 5.56 Å². The van der Waals surface area contributed by atoms with Gasteiger partial charge in [0, 0.05) is 6.42 Å². The van der Waals surface area contributed by atoms with Crippen molar-refractivity contribution in [2.75, 3.05) is 7.11 Å². The van der Waals surface area contributed by atoms with Gasteiger partial charge in [0.2, 0.25) is 5.78 Å². The molecular formula is C15H12O2. The Morgan fingerprint density at radius 2 is 2.18 bits per heavy atom. The van der Waals surface area contributed by atoms with Crippen molar-refractivity contribution in [3.8, 4) is 18.1 Å². The Bertz CT molecular complexity index is 606. The fraction of sp³-hybridized carbons (Fsp3) is 0.133. The highest BCUT2D eigenvalue weighted by molar-refractivity contribution is 5.99. The van der Waals surface area contributed by atoms with Gasteiger partial charge < -0.3 is 4.74 Å². The predicted molar refractivity (Wildman–Crippen MR) is 68.0 cm³/mol. The molecule has 0 N–H and O–H groups in total. The SMILES string of the molecule is C#CC(=O)Cc1cccc2ccc(OC)cc12. The van der Waals surface area contributed by atoms with Gasteiger partial charge in [0.15, 0.2) is 0 Å². The van der Waals surface area contributed by atoms with Gasteiger partial charge in [-0.05, 0) is 34.4 Å². The smallest absolute Gasteiger partial charge is 0.209 e. The van der Waals surface area contributed by atoms with Crippen LogP contribution in [0, 0.1) is 12.3 Å². The normalized spacial score (nSPS) is 9.88. The Morgan fingerprint density at radius 1 is 1.35 bits per heavy atom. The molecule has 0 aliphatic rings. The molecule has 2 aromatic rings. The fourth-order valence-electron chi connectivity index (χ4n) is 1.82. The molecule has 2 rings (SSSR count). The third-order valence-corrected chi connectivity index (χ3v) is 2.69. The summed E-state index contributed by atoms with van der Waals surface area (Å²) in [6.45, 7) is 0. The van der Waals surface area contributed by atoms with Crippen LogP contribution in [-0.4, -0.2) is 12.9 Å². The third-order valence-electron chi connectivity index (χ3n) is 2.69. The lowest BCUT2D eigenvalue weighted by atomic mass is 10.0. The highest BCUT2D eigenvalue weighted by Gasteiger charge is 2.05. The van der Waals surface area contributed by atoms with Crippen LogP contribution in [0.25, 0.3) is 10.8 Å². The van der Waals surface area contributed by atoms with Gasteiger partial charge in [0.1, 0.15) is 5.75 Å². The first-order valence-electron chi connectivity index (χ1n) is 5.29. The zero-order chi connectivity index (χ0) is 12.3. The van der Waals surface area contributed by atoms with Crippen molar-refractivity contribution in [2.24, 2.45) is 0 Å². The number of ether oxygens (including phenoxy) is 1. The van der Waals surface area contributed by atoms with E-state index in [4.69, 9.17) is 11.2 Å². The minimum Gasteiger partial charge on any atom is -0.497 e. The molecule has 0 amide bonds. The molecule has 0 atom stereocenters. The fourth-order valence-corrected chi connectivity index (χ4v) is 1.82. The minimum absolute atomic E-state index is 0.208. The number of carbonyl (C=O) groups excluding carboxylic acids is 1. The van der Waals surface area contributed by atoms with E-state index in [1.54, 1.807) is 7.11 Å². The predicted octanol–water partition coefficient (Wildman–Crippen LogP) is 2.59. The molecule has 0 saturated carbocycles. The van der Waals surface area contributed by atoms with Crippen LogP contribution < -0.4 is 4.74 Å². The zero-order valence-electron chi connectivity index (χ0n) is 9.57. The molecule has 0 spiro atoms. The number of hydrogen-bond donors (Lipinski definition) is 0. The minimum atomic E-state index is -0.208. The van der Waals surface area contributed by atoms with Gasteiger partial charge in [-0.2, -0.15) is 0 Å². The van der Waals surface area contributed by atoms with Gasteiger partial charge >= 0.3 is 0 Å². The lowest BCUT2D eigenvalue weighted by molar-refractivity contribution is -0.113. The number of ketones is 1. The maximum atomic E-state index is 11.3. The number of Topliss-reactive ketones (excluding diaryl/α,β-unsaturated/α-hetero) is 1. The molecule has 2 heteroatoms. The number of carbonyl (C=O) groups is 1. The summed E-state index contributed by atoms with van der Waals surface area (Å²) >= 11 is 0. The number of terminal acetylenes is 1. The molecule has 0 radical (unpaired) electrons. The van der Waals surface area contributed by atoms with Crippen molar-refractivity contribution < 1.29 is 9.53 Å². The average molecular weight is 224 g/mol. The topological polar surface area (TPSA) is 26.3 Å². The van der Waals surface area contributed by atoms with E-state index in [0.29, 0.717) is 0 Å². The summed E-state index contributed by atoms with van der Waals surface area (Å²) < 4.78 is 5.18. The monoisotopic (exact) mass is 224 g/mol. The number of fused-ring (bicyclic) bond motifs is 1. The number of benzene rings is 2. The molecule has 0 bridgehead atoms. The van der Waals surface area contributed by atoms with E-state index in [0.717, 1.165) is 22.1 Å². The lowest BCUT2D eigenvalue weighted by Crippen LogP contribution is -1.99. The van der Waals surface area contributed by atoms with E-state index < -0.39 is 0 Å². The second-order valence-corrected chi connectivity index (χ2v) is 3.75. The molecule has 2 aromatic carbocycles. The third kappa shape index (κ3) is 2.29. The van der Waals surface area contributed by atoms with E-state index in [-0.39, 0.29) is 12.2 Å². The number of hydrogen-bond acceptors (Lipinski definition) is 2. The highest BCUT2D eigenvalue weighted by Crippen LogP contribution is 2.24. The molecule has 17 heavy (non-hydrogen) atoms. The van der Waals surface area contributed by atoms with Crippen molar-refractivity contribution in [1.29, 1.82) is 0 Å². The molecule has 0 aromatic heterocycles. The van der Waals surface area contributed by atoms with Gasteiger partial charge in [0.25, 0.3) is 0 Å². The molecular weight excluding hydrogens is 212 g/mol. The maximum absolute atomic E-state index is 11.3. The Labute approximate surface area is 100 Å². The van der Waals surface area contributed by atoms with Crippen molar-refractivity contribution in [2.45, 2.75) is 6.42 Å². The van der Waals surface area contributed by atoms with Gasteiger partial charge in [-0.25, -0.2) is 0 Å². The average Bonchev–Trinajstić information content (AvgIpc) is 2.38. The van der Waals surface area contributed by atoms with E-state index >= 15 is 0 Å². The Balaban J connectivity index is 2.55. The van der Waals surface area contributed by atoms with Crippen molar-refractivity contribution >= 4 is 16.6 Å². The molecule has 0 fully saturated rings. The van der Waals surface area contributed by atoms with Gasteiger partial charge in [-0.3, -0.25) is 4.79 Å². The highest BCUT2D eigenvalue weighted by atomic mass is 16.5. The van der Waals surface area contributed by atoms with Crippen LogP contribution in [0.2, 0.25) is 0 Å². The molecule has 0 aliphatic carbocycles. The largest absolute Gasteiger partial charge is 0.497 e. The lowest BCUT2D eigenvalue weighted by Gasteiger charge is -2.06. The first kappa shape index (κ1) is 11.2. The molecule has 0 heterocycles. The second-order valence-electron chi connectivity index (χ2n) is 3.75. The summed E-state index contributed by atoms with van der Waals surface area (Å²) in [7, 11) is 1.62. The maximum Gasteiger partial charge on any atom is 0.209 e. The molecule has 2 nitrogen and oxygen atoms in total. The van der Waals surface area contributed by atoms with E-state index in [2.05, 4.69) is 5.92 Å². The quantitative estimate of drug-likeness (QED) is 0.591. The second kappa shape index (κ2) is 4.71. The zero-order valence-corrected chi connectivity index (χ0v) is 9.57. The van der Waals surface area contributed by atoms with Crippen LogP contribution in [0.15, 0.2) is 36.4 Å². The summed E-state index contributed by atoms with van der Waals surface area (Å²) in [5.41, 5.74) is 0.935. The van der Waals surface area contributed by atoms with Crippen LogP contribution in [0.3, 0.4) is 0 Å². The number of rotatable bonds is 3. The van der Waals surface area contributed by atoms with Gasteiger partial charge in [0.05, 0.1) is 7.11 Å². The first-order chi connectivity index (χ1) is 8.24. The first-order valence-corrected chi connectivity index (χ1v) is 5.29. The van der Waals surface area contributed by atoms with Crippen molar-refractivity contribution in [1.82, 2.24) is 0 Å². The van der Waals surface area contributed by atoms with Crippen molar-refractivity contribution in [3.05, 3.63) is 42.0 Å². The van der Waals surface area contributed by atoms with Gasteiger partial charge in [-0.1, -0.05) is 24.3 Å². The molecule has 84 valence electrons. The molecule has 0 aliphatic heterocycles. The van der Waals surface area contributed by atoms with Crippen LogP contribution >= 0.6 is 0 Å². The Hall–Kier alpha value is -2.27. The summed E-state index contributed by atoms with van der Waals surface area (Å²) in [5, 5.41) is 2.09. The summed E-state index contributed by atoms with van der Waals surface area (Å²) in [5.74, 6) is 2.70. The Kier molecular flexibility index (Phi) is 3.11. The standard InChI is InChI=1S/C15H12O2/c1-3-13(16)9-12-6-4-5-11-7-8-14(17-2)10-15(11)12/h1,4-8,10H,9H2,2H3. The molecule has 0 saturated heterocycles. The summed E-state index contributed by atoms with van der Waals surface area (Å²) in [6.07, 6.45) is 5.36. The number of methoxy groups -OCH3 is 1. The summed E-state index contributed by atoms with van der Waals surface area (Å²) in [6, 6.07) is 11.6. The van der Waals surface area contributed by atoms with E-state index in [1.807, 2.05) is 36.4 Å². The van der Waals surface area contributed by atoms with Gasteiger partial charge in [-0.15, -0.1) is 6.42 Å². The Morgan fingerprint density at radius 3 is 2.88 bits per heavy atom.